The van der Waals surface area contributed by atoms with Gasteiger partial charge in [0.25, 0.3) is 0 Å². The lowest BCUT2D eigenvalue weighted by Gasteiger charge is -2.30. The molecule has 8 atom stereocenters. The third-order valence-electron chi connectivity index (χ3n) is 12.1. The lowest BCUT2D eigenvalue weighted by Crippen LogP contribution is -2.60. The summed E-state index contributed by atoms with van der Waals surface area (Å²) in [5, 5.41) is 45.3. The zero-order valence-corrected chi connectivity index (χ0v) is 42.3. The molecule has 1 aliphatic rings. The second-order valence-electron chi connectivity index (χ2n) is 18.0. The standard InChI is InChI=1S/C47H80N16O11/c1-28(58-44(71)39(37(65)25-51)62-41(68)31(52)12-2-4-18-48)40(67)57-27-38(66)59-33(14-6-20-50)45(72)63-23-9-15-35(63)43(70)61-34(24-29-10-7-21-55-26-29)42(69)60-32(13-3-5-19-49)36(64)17-16-30(46(73)74)11-8-22-56-47(53)54/h7,10-11,21,26,28,31-35,37,39,65H,2-6,8-9,12-20,22-25,27,48-52H2,1H3,(H,57,67)(H,58,71)(H,59,66)(H,60,69)(H,61,70)(H,62,68)(H,73,74)(H4,53,54,56)/b30-11+/t28-,31-,32-,33+,34-,35-,37-,39-/m0/s1. The molecule has 27 nitrogen and oxygen atoms in total. The van der Waals surface area contributed by atoms with Crippen LogP contribution in [0.5, 0.6) is 0 Å². The average Bonchev–Trinajstić information content (AvgIpc) is 3.87. The second kappa shape index (κ2) is 34.7. The molecule has 1 saturated heterocycles. The fourth-order valence-corrected chi connectivity index (χ4v) is 7.88. The first-order chi connectivity index (χ1) is 35.3. The van der Waals surface area contributed by atoms with E-state index in [0.717, 1.165) is 0 Å². The van der Waals surface area contributed by atoms with Crippen molar-refractivity contribution in [3.05, 3.63) is 41.7 Å². The van der Waals surface area contributed by atoms with Crippen LogP contribution in [0.1, 0.15) is 96.0 Å². The Balaban J connectivity index is 2.21. The number of guanidine groups is 1. The predicted octanol–water partition coefficient (Wildman–Crippen LogP) is -4.95. The summed E-state index contributed by atoms with van der Waals surface area (Å²) in [6.07, 6.45) is 6.29. The lowest BCUT2D eigenvalue weighted by molar-refractivity contribution is -0.142. The number of carbonyl (C=O) groups is 9. The molecule has 1 aliphatic heterocycles. The van der Waals surface area contributed by atoms with Crippen LogP contribution in [0, 0.1) is 5.41 Å². The summed E-state index contributed by atoms with van der Waals surface area (Å²) >= 11 is 0. The average molecular weight is 1050 g/mol. The van der Waals surface area contributed by atoms with Crippen molar-refractivity contribution in [2.45, 2.75) is 145 Å². The highest BCUT2D eigenvalue weighted by Crippen LogP contribution is 2.21. The molecule has 74 heavy (non-hydrogen) atoms. The number of carboxylic acids is 1. The monoisotopic (exact) mass is 1040 g/mol. The van der Waals surface area contributed by atoms with E-state index in [4.69, 9.17) is 39.8 Å². The molecule has 22 N–H and O–H groups in total. The third kappa shape index (κ3) is 23.1. The van der Waals surface area contributed by atoms with Crippen LogP contribution in [0.3, 0.4) is 0 Å². The quantitative estimate of drug-likeness (QED) is 0.0130. The van der Waals surface area contributed by atoms with Gasteiger partial charge in [-0.3, -0.25) is 48.7 Å². The van der Waals surface area contributed by atoms with E-state index in [1.165, 1.54) is 30.3 Å². The number of hydrogen-bond acceptors (Lipinski definition) is 17. The number of nitrogens with zero attached hydrogens (tertiary/aromatic N) is 2. The fourth-order valence-electron chi connectivity index (χ4n) is 7.88. The maximum absolute atomic E-state index is 14.2. The molecule has 2 rings (SSSR count). The third-order valence-corrected chi connectivity index (χ3v) is 12.1. The van der Waals surface area contributed by atoms with Crippen LogP contribution in [0.4, 0.5) is 0 Å². The van der Waals surface area contributed by atoms with Gasteiger partial charge in [-0.25, -0.2) is 4.79 Å². The number of nitrogens with two attached hydrogens (primary N) is 6. The van der Waals surface area contributed by atoms with E-state index in [-0.39, 0.29) is 89.0 Å². The van der Waals surface area contributed by atoms with E-state index in [1.54, 1.807) is 12.1 Å². The van der Waals surface area contributed by atoms with Crippen LogP contribution in [-0.4, -0.2) is 173 Å². The molecule has 7 amide bonds. The summed E-state index contributed by atoms with van der Waals surface area (Å²) in [6, 6.07) is -5.12. The molecule has 0 saturated carbocycles. The van der Waals surface area contributed by atoms with Gasteiger partial charge in [0.1, 0.15) is 30.2 Å². The van der Waals surface area contributed by atoms with Gasteiger partial charge in [-0.05, 0) is 109 Å². The Morgan fingerprint density at radius 1 is 0.811 bits per heavy atom. The Bertz CT molecular complexity index is 2050. The fraction of sp³-hybridized carbons (Fsp3) is 0.638. The molecule has 0 spiro atoms. The van der Waals surface area contributed by atoms with Gasteiger partial charge in [-0.2, -0.15) is 0 Å². The van der Waals surface area contributed by atoms with E-state index < -0.39 is 115 Å². The Hall–Kier alpha value is -6.65. The number of carbonyl (C=O) groups excluding carboxylic acids is 8. The van der Waals surface area contributed by atoms with Gasteiger partial charge in [0.15, 0.2) is 11.7 Å². The maximum atomic E-state index is 14.2. The van der Waals surface area contributed by atoms with E-state index in [2.05, 4.69) is 42.2 Å². The summed E-state index contributed by atoms with van der Waals surface area (Å²) in [5.74, 6) is -7.25. The maximum Gasteiger partial charge on any atom is 0.331 e. The minimum atomic E-state index is -1.56. The topological polar surface area (TPSA) is 474 Å². The lowest BCUT2D eigenvalue weighted by atomic mass is 9.98. The molecule has 2 heterocycles. The van der Waals surface area contributed by atoms with Gasteiger partial charge in [0, 0.05) is 50.4 Å². The number of aliphatic carboxylic acids is 1. The zero-order chi connectivity index (χ0) is 55.2. The summed E-state index contributed by atoms with van der Waals surface area (Å²) < 4.78 is 0. The molecule has 1 aromatic rings. The summed E-state index contributed by atoms with van der Waals surface area (Å²) in [5.41, 5.74) is 34.3. The van der Waals surface area contributed by atoms with Gasteiger partial charge >= 0.3 is 5.97 Å². The van der Waals surface area contributed by atoms with E-state index in [9.17, 15) is 53.4 Å². The number of nitrogens with one attached hydrogen (secondary N) is 8. The largest absolute Gasteiger partial charge is 0.478 e. The van der Waals surface area contributed by atoms with E-state index >= 15 is 0 Å². The van der Waals surface area contributed by atoms with E-state index in [0.29, 0.717) is 50.8 Å². The first-order valence-electron chi connectivity index (χ1n) is 25.0. The number of amides is 7. The highest BCUT2D eigenvalue weighted by atomic mass is 16.4. The van der Waals surface area contributed by atoms with Crippen molar-refractivity contribution in [2.75, 3.05) is 45.8 Å². The van der Waals surface area contributed by atoms with Crippen molar-refractivity contribution in [1.82, 2.24) is 47.1 Å². The number of unbranched alkanes of at least 4 members (excludes halogenated alkanes) is 2. The number of aliphatic hydroxyl groups excluding tert-OH is 1. The molecular formula is C47H80N16O11. The van der Waals surface area contributed by atoms with Crippen molar-refractivity contribution < 1.29 is 53.4 Å². The summed E-state index contributed by atoms with van der Waals surface area (Å²) in [6.45, 7) is 1.44. The number of pyridine rings is 1. The molecule has 0 aromatic carbocycles. The molecule has 0 aliphatic carbocycles. The van der Waals surface area contributed by atoms with Crippen molar-refractivity contribution in [3.8, 4) is 0 Å². The molecule has 27 heteroatoms. The molecule has 0 radical (unpaired) electrons. The Morgan fingerprint density at radius 3 is 2.11 bits per heavy atom. The van der Waals surface area contributed by atoms with Crippen LogP contribution in [-0.2, 0) is 49.6 Å². The molecule has 1 fully saturated rings. The van der Waals surface area contributed by atoms with Crippen molar-refractivity contribution in [1.29, 1.82) is 5.41 Å². The van der Waals surface area contributed by atoms with Crippen molar-refractivity contribution in [3.63, 3.8) is 0 Å². The number of aromatic nitrogens is 1. The van der Waals surface area contributed by atoms with Gasteiger partial charge in [0.05, 0.1) is 24.7 Å². The number of carboxylic acid groups (broad SMARTS) is 1. The van der Waals surface area contributed by atoms with Crippen molar-refractivity contribution >= 4 is 59.1 Å². The predicted molar refractivity (Wildman–Crippen MR) is 273 cm³/mol. The van der Waals surface area contributed by atoms with Gasteiger partial charge in [-0.15, -0.1) is 0 Å². The summed E-state index contributed by atoms with van der Waals surface area (Å²) in [7, 11) is 0. The molecule has 414 valence electrons. The van der Waals surface area contributed by atoms with Crippen LogP contribution < -0.4 is 71.6 Å². The SMILES string of the molecule is C[C@H](NC(=O)[C@@H](NC(=O)[C@@H](N)CCCCN)[C@@H](O)CN)C(=O)NCC(=O)N[C@H](CCCN)C(=O)N1CCC[C@H]1C(=O)N[C@@H](Cc1cccnc1)C(=O)N[C@@H](CCCCN)C(=O)CC/C(=C\CCNC(=N)N)C(=O)O. The smallest absolute Gasteiger partial charge is 0.331 e. The molecule has 0 unspecified atom stereocenters. The van der Waals surface area contributed by atoms with Gasteiger partial charge in [-0.1, -0.05) is 18.6 Å². The van der Waals surface area contributed by atoms with Gasteiger partial charge in [0.2, 0.25) is 41.4 Å². The van der Waals surface area contributed by atoms with Crippen molar-refractivity contribution in [2.24, 2.45) is 34.4 Å². The van der Waals surface area contributed by atoms with Crippen LogP contribution in [0.2, 0.25) is 0 Å². The second-order valence-corrected chi connectivity index (χ2v) is 18.0. The number of aliphatic hydroxyl groups is 1. The molecule has 1 aromatic heterocycles. The van der Waals surface area contributed by atoms with Gasteiger partial charge < -0.3 is 86.7 Å². The van der Waals surface area contributed by atoms with Crippen LogP contribution in [0.25, 0.3) is 0 Å². The minimum Gasteiger partial charge on any atom is -0.478 e. The number of hydrogen-bond donors (Lipinski definition) is 16. The molecular weight excluding hydrogens is 965 g/mol. The highest BCUT2D eigenvalue weighted by molar-refractivity contribution is 5.98. The number of ketones is 1. The minimum absolute atomic E-state index is 0.0330. The Labute approximate surface area is 431 Å². The summed E-state index contributed by atoms with van der Waals surface area (Å²) in [4.78, 5) is 126. The zero-order valence-electron chi connectivity index (χ0n) is 42.3. The Kier molecular flexibility index (Phi) is 29.8. The normalized spacial score (nSPS) is 16.2. The van der Waals surface area contributed by atoms with E-state index in [1.807, 2.05) is 0 Å². The number of rotatable bonds is 36. The number of likely N-dealkylation sites (tertiary alicyclic amines) is 1. The molecule has 0 bridgehead atoms. The highest BCUT2D eigenvalue weighted by Gasteiger charge is 2.39. The first-order valence-corrected chi connectivity index (χ1v) is 25.0. The first kappa shape index (κ1) is 63.5. The van der Waals surface area contributed by atoms with Crippen LogP contribution in [0.15, 0.2) is 36.2 Å². The number of Topliss-reactive ketones (excluding diaryl/α,β-unsaturated/α-hetero) is 1. The van der Waals surface area contributed by atoms with Crippen LogP contribution >= 0.6 is 0 Å². The Morgan fingerprint density at radius 2 is 1.49 bits per heavy atom.